The van der Waals surface area contributed by atoms with Crippen molar-refractivity contribution in [1.82, 2.24) is 0 Å². The van der Waals surface area contributed by atoms with Crippen molar-refractivity contribution in [1.29, 1.82) is 0 Å². The zero-order valence-electron chi connectivity index (χ0n) is 9.62. The maximum Gasteiger partial charge on any atom is 0.134 e. The van der Waals surface area contributed by atoms with Crippen molar-refractivity contribution in [2.24, 2.45) is 5.73 Å². The zero-order chi connectivity index (χ0) is 11.9. The van der Waals surface area contributed by atoms with Crippen LogP contribution in [0.2, 0.25) is 0 Å². The van der Waals surface area contributed by atoms with Crippen molar-refractivity contribution < 1.29 is 13.9 Å². The van der Waals surface area contributed by atoms with Gasteiger partial charge < -0.3 is 15.2 Å². The summed E-state index contributed by atoms with van der Waals surface area (Å²) in [5.74, 6) is 0.291. The maximum atomic E-state index is 13.2. The average molecular weight is 237 g/mol. The topological polar surface area (TPSA) is 44.5 Å². The van der Waals surface area contributed by atoms with E-state index in [0.29, 0.717) is 12.4 Å². The third kappa shape index (κ3) is 1.91. The van der Waals surface area contributed by atoms with Gasteiger partial charge in [0, 0.05) is 30.7 Å². The van der Waals surface area contributed by atoms with Crippen LogP contribution >= 0.6 is 0 Å². The molecule has 0 radical (unpaired) electrons. The van der Waals surface area contributed by atoms with E-state index in [1.165, 1.54) is 12.1 Å². The number of hydrogen-bond acceptors (Lipinski definition) is 3. The molecule has 4 heteroatoms. The number of benzene rings is 1. The molecule has 92 valence electrons. The molecule has 2 aliphatic rings. The lowest BCUT2D eigenvalue weighted by molar-refractivity contribution is -0.0834. The molecule has 3 nitrogen and oxygen atoms in total. The Balaban J connectivity index is 1.95. The van der Waals surface area contributed by atoms with E-state index in [-0.39, 0.29) is 17.5 Å². The molecule has 2 atom stereocenters. The number of halogens is 1. The summed E-state index contributed by atoms with van der Waals surface area (Å²) < 4.78 is 24.7. The second kappa shape index (κ2) is 3.96. The Morgan fingerprint density at radius 1 is 1.41 bits per heavy atom. The SMILES string of the molecule is N[C@@H]1CC2(CCCOC2)Oc2cc(F)ccc21. The van der Waals surface area contributed by atoms with Crippen LogP contribution in [-0.2, 0) is 4.74 Å². The van der Waals surface area contributed by atoms with Crippen LogP contribution in [0.3, 0.4) is 0 Å². The Kier molecular flexibility index (Phi) is 2.56. The van der Waals surface area contributed by atoms with Crippen LogP contribution in [0.15, 0.2) is 18.2 Å². The van der Waals surface area contributed by atoms with Crippen molar-refractivity contribution in [3.05, 3.63) is 29.6 Å². The molecule has 1 spiro atoms. The second-order valence-electron chi connectivity index (χ2n) is 4.93. The Labute approximate surface area is 99.7 Å². The molecular formula is C13H16FNO2. The van der Waals surface area contributed by atoms with Crippen molar-refractivity contribution in [3.63, 3.8) is 0 Å². The van der Waals surface area contributed by atoms with Crippen molar-refractivity contribution >= 4 is 0 Å². The van der Waals surface area contributed by atoms with Gasteiger partial charge in [-0.3, -0.25) is 0 Å². The Hall–Kier alpha value is -1.13. The Morgan fingerprint density at radius 3 is 3.06 bits per heavy atom. The second-order valence-corrected chi connectivity index (χ2v) is 4.93. The van der Waals surface area contributed by atoms with Crippen LogP contribution in [0.25, 0.3) is 0 Å². The molecule has 1 unspecified atom stereocenters. The minimum atomic E-state index is -0.349. The normalized spacial score (nSPS) is 32.0. The third-order valence-electron chi connectivity index (χ3n) is 3.58. The summed E-state index contributed by atoms with van der Waals surface area (Å²) in [5, 5.41) is 0. The standard InChI is InChI=1S/C13H16FNO2/c14-9-2-3-10-11(15)7-13(17-12(10)6-9)4-1-5-16-8-13/h2-3,6,11H,1,4-5,7-8,15H2/t11-,13?/m1/s1. The van der Waals surface area contributed by atoms with Crippen LogP contribution in [0.1, 0.15) is 30.9 Å². The molecule has 2 N–H and O–H groups in total. The molecule has 0 aliphatic carbocycles. The predicted octanol–water partition coefficient (Wildman–Crippen LogP) is 2.16. The molecule has 3 rings (SSSR count). The largest absolute Gasteiger partial charge is 0.484 e. The molecule has 1 aromatic carbocycles. The van der Waals surface area contributed by atoms with Crippen molar-refractivity contribution in [2.45, 2.75) is 30.9 Å². The first kappa shape index (κ1) is 11.0. The number of fused-ring (bicyclic) bond motifs is 1. The van der Waals surface area contributed by atoms with Crippen LogP contribution in [-0.4, -0.2) is 18.8 Å². The van der Waals surface area contributed by atoms with Crippen LogP contribution in [0, 0.1) is 5.82 Å². The monoisotopic (exact) mass is 237 g/mol. The molecule has 1 aromatic rings. The van der Waals surface area contributed by atoms with Gasteiger partial charge in [0.2, 0.25) is 0 Å². The van der Waals surface area contributed by atoms with Gasteiger partial charge in [-0.2, -0.15) is 0 Å². The van der Waals surface area contributed by atoms with Gasteiger partial charge in [-0.15, -0.1) is 0 Å². The highest BCUT2D eigenvalue weighted by Gasteiger charge is 2.41. The molecule has 0 bridgehead atoms. The first-order valence-electron chi connectivity index (χ1n) is 6.00. The number of rotatable bonds is 0. The van der Waals surface area contributed by atoms with E-state index in [2.05, 4.69) is 0 Å². The first-order chi connectivity index (χ1) is 8.19. The summed E-state index contributed by atoms with van der Waals surface area (Å²) >= 11 is 0. The minimum Gasteiger partial charge on any atom is -0.484 e. The quantitative estimate of drug-likeness (QED) is 0.752. The highest BCUT2D eigenvalue weighted by molar-refractivity contribution is 5.39. The maximum absolute atomic E-state index is 13.2. The van der Waals surface area contributed by atoms with Gasteiger partial charge in [-0.1, -0.05) is 6.07 Å². The van der Waals surface area contributed by atoms with E-state index in [4.69, 9.17) is 15.2 Å². The summed E-state index contributed by atoms with van der Waals surface area (Å²) in [6.07, 6.45) is 2.64. The van der Waals surface area contributed by atoms with Crippen molar-refractivity contribution in [2.75, 3.05) is 13.2 Å². The molecule has 2 aliphatic heterocycles. The van der Waals surface area contributed by atoms with Gasteiger partial charge >= 0.3 is 0 Å². The van der Waals surface area contributed by atoms with Gasteiger partial charge in [-0.25, -0.2) is 4.39 Å². The lowest BCUT2D eigenvalue weighted by Crippen LogP contribution is -2.49. The van der Waals surface area contributed by atoms with Gasteiger partial charge in [0.1, 0.15) is 17.2 Å². The highest BCUT2D eigenvalue weighted by atomic mass is 19.1. The number of nitrogens with two attached hydrogens (primary N) is 1. The van der Waals surface area contributed by atoms with Crippen LogP contribution < -0.4 is 10.5 Å². The van der Waals surface area contributed by atoms with E-state index in [1.807, 2.05) is 0 Å². The first-order valence-corrected chi connectivity index (χ1v) is 6.00. The fraction of sp³-hybridized carbons (Fsp3) is 0.538. The molecule has 1 fully saturated rings. The lowest BCUT2D eigenvalue weighted by Gasteiger charge is -2.43. The summed E-state index contributed by atoms with van der Waals surface area (Å²) in [4.78, 5) is 0. The van der Waals surface area contributed by atoms with E-state index >= 15 is 0 Å². The fourth-order valence-corrected chi connectivity index (χ4v) is 2.76. The fourth-order valence-electron chi connectivity index (χ4n) is 2.76. The molecular weight excluding hydrogens is 221 g/mol. The molecule has 17 heavy (non-hydrogen) atoms. The van der Waals surface area contributed by atoms with Crippen LogP contribution in [0.5, 0.6) is 5.75 Å². The molecule has 1 saturated heterocycles. The third-order valence-corrected chi connectivity index (χ3v) is 3.58. The summed E-state index contributed by atoms with van der Waals surface area (Å²) in [5.41, 5.74) is 6.69. The Morgan fingerprint density at radius 2 is 2.29 bits per heavy atom. The molecule has 0 saturated carbocycles. The van der Waals surface area contributed by atoms with Gasteiger partial charge in [-0.05, 0) is 18.9 Å². The summed E-state index contributed by atoms with van der Waals surface area (Å²) in [6, 6.07) is 4.47. The minimum absolute atomic E-state index is 0.0963. The summed E-state index contributed by atoms with van der Waals surface area (Å²) in [7, 11) is 0. The predicted molar refractivity (Wildman–Crippen MR) is 61.4 cm³/mol. The molecule has 0 amide bonds. The van der Waals surface area contributed by atoms with E-state index < -0.39 is 0 Å². The Bertz CT molecular complexity index is 429. The van der Waals surface area contributed by atoms with Gasteiger partial charge in [0.25, 0.3) is 0 Å². The van der Waals surface area contributed by atoms with Gasteiger partial charge in [0.05, 0.1) is 6.61 Å². The van der Waals surface area contributed by atoms with E-state index in [9.17, 15) is 4.39 Å². The molecule has 0 aromatic heterocycles. The summed E-state index contributed by atoms with van der Waals surface area (Å²) in [6.45, 7) is 1.33. The number of ether oxygens (including phenoxy) is 2. The molecule has 2 heterocycles. The van der Waals surface area contributed by atoms with E-state index in [1.54, 1.807) is 6.07 Å². The lowest BCUT2D eigenvalue weighted by atomic mass is 9.84. The van der Waals surface area contributed by atoms with Gasteiger partial charge in [0.15, 0.2) is 0 Å². The average Bonchev–Trinajstić information content (AvgIpc) is 2.29. The highest BCUT2D eigenvalue weighted by Crippen LogP contribution is 2.42. The van der Waals surface area contributed by atoms with Crippen LogP contribution in [0.4, 0.5) is 4.39 Å². The zero-order valence-corrected chi connectivity index (χ0v) is 9.62. The smallest absolute Gasteiger partial charge is 0.134 e. The van der Waals surface area contributed by atoms with Crippen molar-refractivity contribution in [3.8, 4) is 5.75 Å². The number of hydrogen-bond donors (Lipinski definition) is 1. The van der Waals surface area contributed by atoms with E-state index in [0.717, 1.165) is 31.4 Å².